The van der Waals surface area contributed by atoms with Crippen molar-refractivity contribution in [2.45, 2.75) is 32.9 Å². The number of halogens is 1. The van der Waals surface area contributed by atoms with Gasteiger partial charge in [0, 0.05) is 19.7 Å². The van der Waals surface area contributed by atoms with E-state index in [1.165, 1.54) is 0 Å². The summed E-state index contributed by atoms with van der Waals surface area (Å²) in [4.78, 5) is 4.39. The Bertz CT molecular complexity index is 361. The summed E-state index contributed by atoms with van der Waals surface area (Å²) >= 11 is 6.09. The molecule has 1 rings (SSSR count). The van der Waals surface area contributed by atoms with Gasteiger partial charge in [-0.15, -0.1) is 0 Å². The van der Waals surface area contributed by atoms with Crippen LogP contribution in [-0.2, 0) is 11.3 Å². The van der Waals surface area contributed by atoms with Crippen LogP contribution < -0.4 is 10.1 Å². The van der Waals surface area contributed by atoms with Crippen molar-refractivity contribution >= 4 is 11.6 Å². The second kappa shape index (κ2) is 8.29. The van der Waals surface area contributed by atoms with Gasteiger partial charge in [0.05, 0.1) is 17.3 Å². The fourth-order valence-corrected chi connectivity index (χ4v) is 1.68. The molecular weight excluding hydrogens is 252 g/mol. The first kappa shape index (κ1) is 15.2. The van der Waals surface area contributed by atoms with Gasteiger partial charge >= 0.3 is 0 Å². The molecule has 0 saturated carbocycles. The van der Waals surface area contributed by atoms with E-state index in [2.05, 4.69) is 17.2 Å². The molecule has 0 fully saturated rings. The highest BCUT2D eigenvalue weighted by Crippen LogP contribution is 2.18. The highest BCUT2D eigenvalue weighted by Gasteiger charge is 2.08. The smallest absolute Gasteiger partial charge is 0.213 e. The fourth-order valence-electron chi connectivity index (χ4n) is 1.51. The van der Waals surface area contributed by atoms with Gasteiger partial charge in [-0.2, -0.15) is 0 Å². The van der Waals surface area contributed by atoms with Crippen LogP contribution in [0.3, 0.4) is 0 Å². The van der Waals surface area contributed by atoms with E-state index in [-0.39, 0.29) is 6.10 Å². The van der Waals surface area contributed by atoms with Crippen molar-refractivity contribution in [1.82, 2.24) is 10.3 Å². The SMILES string of the molecule is CCCNCc1nc(OC(C)COC)ccc1Cl. The zero-order valence-corrected chi connectivity index (χ0v) is 12.0. The Labute approximate surface area is 114 Å². The summed E-state index contributed by atoms with van der Waals surface area (Å²) in [6, 6.07) is 3.59. The maximum atomic E-state index is 6.09. The summed E-state index contributed by atoms with van der Waals surface area (Å²) in [5, 5.41) is 3.93. The number of methoxy groups -OCH3 is 1. The molecule has 1 aromatic heterocycles. The van der Waals surface area contributed by atoms with Crippen molar-refractivity contribution in [1.29, 1.82) is 0 Å². The standard InChI is InChI=1S/C13H21ClN2O2/c1-4-7-15-8-12-11(14)5-6-13(16-12)18-10(2)9-17-3/h5-6,10,15H,4,7-9H2,1-3H3. The third-order valence-electron chi connectivity index (χ3n) is 2.34. The molecule has 0 bridgehead atoms. The highest BCUT2D eigenvalue weighted by atomic mass is 35.5. The molecule has 0 spiro atoms. The maximum absolute atomic E-state index is 6.09. The van der Waals surface area contributed by atoms with Crippen LogP contribution in [0.2, 0.25) is 5.02 Å². The van der Waals surface area contributed by atoms with Gasteiger partial charge in [-0.25, -0.2) is 4.98 Å². The first-order valence-corrected chi connectivity index (χ1v) is 6.56. The average Bonchev–Trinajstić information content (AvgIpc) is 2.34. The molecule has 1 atom stereocenters. The van der Waals surface area contributed by atoms with Crippen LogP contribution in [0.4, 0.5) is 0 Å². The molecule has 0 aliphatic rings. The van der Waals surface area contributed by atoms with E-state index in [1.54, 1.807) is 13.2 Å². The maximum Gasteiger partial charge on any atom is 0.213 e. The summed E-state index contributed by atoms with van der Waals surface area (Å²) in [5.41, 5.74) is 0.812. The molecule has 4 nitrogen and oxygen atoms in total. The van der Waals surface area contributed by atoms with Crippen LogP contribution in [0.1, 0.15) is 26.0 Å². The minimum atomic E-state index is -0.0277. The second-order valence-corrected chi connectivity index (χ2v) is 4.55. The van der Waals surface area contributed by atoms with E-state index in [4.69, 9.17) is 21.1 Å². The predicted octanol–water partition coefficient (Wildman–Crippen LogP) is 2.65. The Morgan fingerprint density at radius 1 is 1.44 bits per heavy atom. The molecule has 0 radical (unpaired) electrons. The third-order valence-corrected chi connectivity index (χ3v) is 2.68. The molecular formula is C13H21ClN2O2. The van der Waals surface area contributed by atoms with E-state index in [9.17, 15) is 0 Å². The van der Waals surface area contributed by atoms with Crippen molar-refractivity contribution in [3.63, 3.8) is 0 Å². The first-order valence-electron chi connectivity index (χ1n) is 6.19. The number of pyridine rings is 1. The molecule has 0 aliphatic heterocycles. The topological polar surface area (TPSA) is 43.4 Å². The van der Waals surface area contributed by atoms with E-state index in [0.29, 0.717) is 24.1 Å². The third kappa shape index (κ3) is 5.21. The number of hydrogen-bond donors (Lipinski definition) is 1. The molecule has 102 valence electrons. The molecule has 0 saturated heterocycles. The Morgan fingerprint density at radius 3 is 2.89 bits per heavy atom. The predicted molar refractivity (Wildman–Crippen MR) is 73.2 cm³/mol. The van der Waals surface area contributed by atoms with Crippen LogP contribution in [0.25, 0.3) is 0 Å². The molecule has 5 heteroatoms. The molecule has 18 heavy (non-hydrogen) atoms. The Kier molecular flexibility index (Phi) is 7.01. The Balaban J connectivity index is 2.61. The van der Waals surface area contributed by atoms with Gasteiger partial charge in [0.1, 0.15) is 6.10 Å². The van der Waals surface area contributed by atoms with Crippen LogP contribution in [0.15, 0.2) is 12.1 Å². The lowest BCUT2D eigenvalue weighted by molar-refractivity contribution is 0.0888. The van der Waals surface area contributed by atoms with E-state index >= 15 is 0 Å². The lowest BCUT2D eigenvalue weighted by atomic mass is 10.3. The number of nitrogens with one attached hydrogen (secondary N) is 1. The minimum absolute atomic E-state index is 0.0277. The number of rotatable bonds is 8. The molecule has 1 heterocycles. The molecule has 0 aromatic carbocycles. The van der Waals surface area contributed by atoms with Crippen LogP contribution in [0.5, 0.6) is 5.88 Å². The second-order valence-electron chi connectivity index (χ2n) is 4.14. The van der Waals surface area contributed by atoms with Crippen molar-refractivity contribution in [3.05, 3.63) is 22.8 Å². The van der Waals surface area contributed by atoms with E-state index in [1.807, 2.05) is 13.0 Å². The molecule has 1 aromatic rings. The van der Waals surface area contributed by atoms with Gasteiger partial charge in [0.2, 0.25) is 5.88 Å². The summed E-state index contributed by atoms with van der Waals surface area (Å²) in [6.07, 6.45) is 1.05. The number of aromatic nitrogens is 1. The molecule has 0 aliphatic carbocycles. The normalized spacial score (nSPS) is 12.4. The van der Waals surface area contributed by atoms with Gasteiger partial charge in [0.15, 0.2) is 0 Å². The van der Waals surface area contributed by atoms with Crippen LogP contribution >= 0.6 is 11.6 Å². The summed E-state index contributed by atoms with van der Waals surface area (Å²) in [7, 11) is 1.65. The molecule has 0 amide bonds. The first-order chi connectivity index (χ1) is 8.67. The molecule has 1 unspecified atom stereocenters. The van der Waals surface area contributed by atoms with E-state index in [0.717, 1.165) is 18.7 Å². The van der Waals surface area contributed by atoms with Gasteiger partial charge < -0.3 is 14.8 Å². The zero-order valence-electron chi connectivity index (χ0n) is 11.2. The minimum Gasteiger partial charge on any atom is -0.472 e. The lowest BCUT2D eigenvalue weighted by Crippen LogP contribution is -2.19. The number of hydrogen-bond acceptors (Lipinski definition) is 4. The Hall–Kier alpha value is -0.840. The monoisotopic (exact) mass is 272 g/mol. The van der Waals surface area contributed by atoms with Crippen molar-refractivity contribution in [2.24, 2.45) is 0 Å². The van der Waals surface area contributed by atoms with Gasteiger partial charge in [-0.1, -0.05) is 18.5 Å². The Morgan fingerprint density at radius 2 is 2.22 bits per heavy atom. The van der Waals surface area contributed by atoms with Crippen LogP contribution in [0, 0.1) is 0 Å². The van der Waals surface area contributed by atoms with Gasteiger partial charge in [-0.3, -0.25) is 0 Å². The van der Waals surface area contributed by atoms with Crippen LogP contribution in [-0.4, -0.2) is 31.3 Å². The van der Waals surface area contributed by atoms with Gasteiger partial charge in [0.25, 0.3) is 0 Å². The summed E-state index contributed by atoms with van der Waals surface area (Å²) < 4.78 is 10.7. The molecule has 1 N–H and O–H groups in total. The lowest BCUT2D eigenvalue weighted by Gasteiger charge is -2.14. The average molecular weight is 273 g/mol. The number of nitrogens with zero attached hydrogens (tertiary/aromatic N) is 1. The van der Waals surface area contributed by atoms with Crippen molar-refractivity contribution < 1.29 is 9.47 Å². The number of ether oxygens (including phenoxy) is 2. The summed E-state index contributed by atoms with van der Waals surface area (Å²) in [6.45, 7) is 6.20. The quantitative estimate of drug-likeness (QED) is 0.739. The highest BCUT2D eigenvalue weighted by molar-refractivity contribution is 6.31. The largest absolute Gasteiger partial charge is 0.472 e. The summed E-state index contributed by atoms with van der Waals surface area (Å²) in [5.74, 6) is 0.581. The zero-order chi connectivity index (χ0) is 13.4. The van der Waals surface area contributed by atoms with Gasteiger partial charge in [-0.05, 0) is 26.0 Å². The van der Waals surface area contributed by atoms with Crippen molar-refractivity contribution in [2.75, 3.05) is 20.3 Å². The van der Waals surface area contributed by atoms with Crippen molar-refractivity contribution in [3.8, 4) is 5.88 Å². The van der Waals surface area contributed by atoms with E-state index < -0.39 is 0 Å². The fraction of sp³-hybridized carbons (Fsp3) is 0.615.